The molecule has 0 spiro atoms. The second-order valence-electron chi connectivity index (χ2n) is 6.06. The van der Waals surface area contributed by atoms with Crippen LogP contribution in [0.25, 0.3) is 11.0 Å². The molecule has 0 saturated carbocycles. The number of esters is 1. The van der Waals surface area contributed by atoms with Crippen LogP contribution in [0.2, 0.25) is 5.02 Å². The Hall–Kier alpha value is -2.63. The normalized spacial score (nSPS) is 11.5. The number of nitrogens with one attached hydrogen (secondary N) is 1. The molecule has 12 heteroatoms. The Morgan fingerprint density at radius 3 is 2.67 bits per heavy atom. The number of aryl methyl sites for hydroxylation is 1. The van der Waals surface area contributed by atoms with E-state index in [1.165, 1.54) is 6.07 Å². The Morgan fingerprint density at radius 2 is 2.03 bits per heavy atom. The number of ether oxygens (including phenoxy) is 1. The second-order valence-corrected chi connectivity index (χ2v) is 9.06. The van der Waals surface area contributed by atoms with Crippen LogP contribution in [0.1, 0.15) is 23.0 Å². The SMILES string of the molecule is CCOC(=O)c1c(C)oc2cc(Br)cc(NS(=O)(=O)c3ccc(Cl)c([N+](=O)[O-])c3)c12. The van der Waals surface area contributed by atoms with Gasteiger partial charge in [-0.15, -0.1) is 0 Å². The lowest BCUT2D eigenvalue weighted by molar-refractivity contribution is -0.384. The predicted octanol–water partition coefficient (Wildman–Crippen LogP) is 5.04. The third kappa shape index (κ3) is 4.13. The summed E-state index contributed by atoms with van der Waals surface area (Å²) < 4.78 is 39.3. The van der Waals surface area contributed by atoms with E-state index in [1.54, 1.807) is 19.9 Å². The molecular weight excluding hydrogens is 504 g/mol. The number of rotatable bonds is 6. The van der Waals surface area contributed by atoms with Gasteiger partial charge >= 0.3 is 5.97 Å². The molecule has 0 aliphatic rings. The lowest BCUT2D eigenvalue weighted by atomic mass is 10.1. The average Bonchev–Trinajstić information content (AvgIpc) is 2.97. The molecule has 9 nitrogen and oxygen atoms in total. The molecule has 3 rings (SSSR count). The fourth-order valence-electron chi connectivity index (χ4n) is 2.84. The van der Waals surface area contributed by atoms with E-state index in [0.29, 0.717) is 4.47 Å². The van der Waals surface area contributed by atoms with Crippen molar-refractivity contribution < 1.29 is 27.3 Å². The van der Waals surface area contributed by atoms with Gasteiger partial charge in [0.25, 0.3) is 15.7 Å². The minimum atomic E-state index is -4.27. The van der Waals surface area contributed by atoms with Gasteiger partial charge in [0.2, 0.25) is 0 Å². The van der Waals surface area contributed by atoms with Gasteiger partial charge in [-0.2, -0.15) is 0 Å². The van der Waals surface area contributed by atoms with E-state index in [1.807, 2.05) is 0 Å². The zero-order valence-electron chi connectivity index (χ0n) is 15.6. The summed E-state index contributed by atoms with van der Waals surface area (Å²) in [7, 11) is -4.27. The molecule has 0 bridgehead atoms. The molecule has 0 radical (unpaired) electrons. The van der Waals surface area contributed by atoms with E-state index in [2.05, 4.69) is 20.7 Å². The largest absolute Gasteiger partial charge is 0.462 e. The van der Waals surface area contributed by atoms with E-state index < -0.39 is 26.6 Å². The summed E-state index contributed by atoms with van der Waals surface area (Å²) in [6, 6.07) is 6.14. The maximum Gasteiger partial charge on any atom is 0.342 e. The number of halogens is 2. The Kier molecular flexibility index (Phi) is 6.06. The van der Waals surface area contributed by atoms with E-state index in [9.17, 15) is 23.3 Å². The van der Waals surface area contributed by atoms with Gasteiger partial charge in [0.05, 0.1) is 27.5 Å². The Bertz CT molecular complexity index is 1290. The van der Waals surface area contributed by atoms with Gasteiger partial charge in [0.15, 0.2) is 0 Å². The number of furan rings is 1. The highest BCUT2D eigenvalue weighted by Crippen LogP contribution is 2.37. The van der Waals surface area contributed by atoms with Crippen molar-refractivity contribution in [3.8, 4) is 0 Å². The first-order valence-electron chi connectivity index (χ1n) is 8.41. The van der Waals surface area contributed by atoms with Crippen LogP contribution in [0.3, 0.4) is 0 Å². The van der Waals surface area contributed by atoms with Crippen LogP contribution in [0.15, 0.2) is 44.1 Å². The minimum absolute atomic E-state index is 0.0388. The molecule has 158 valence electrons. The van der Waals surface area contributed by atoms with Gasteiger partial charge < -0.3 is 9.15 Å². The smallest absolute Gasteiger partial charge is 0.342 e. The number of hydrogen-bond donors (Lipinski definition) is 1. The number of carbonyl (C=O) groups excluding carboxylic acids is 1. The summed E-state index contributed by atoms with van der Waals surface area (Å²) in [5.74, 6) is -0.414. The number of benzene rings is 2. The van der Waals surface area contributed by atoms with Crippen molar-refractivity contribution in [3.63, 3.8) is 0 Å². The van der Waals surface area contributed by atoms with Crippen molar-refractivity contribution in [2.24, 2.45) is 0 Å². The number of nitro groups is 1. The zero-order chi connectivity index (χ0) is 22.2. The molecular formula is C18H14BrClN2O7S. The standard InChI is InChI=1S/C18H14BrClN2O7S/c1-3-28-18(23)16-9(2)29-15-7-10(19)6-13(17(15)16)21-30(26,27)11-4-5-12(20)14(8-11)22(24)25/h4-8,21H,3H2,1-2H3. The van der Waals surface area contributed by atoms with E-state index in [4.69, 9.17) is 20.8 Å². The van der Waals surface area contributed by atoms with Crippen molar-refractivity contribution >= 4 is 65.9 Å². The molecule has 3 aromatic rings. The minimum Gasteiger partial charge on any atom is -0.462 e. The fourth-order valence-corrected chi connectivity index (χ4v) is 4.55. The van der Waals surface area contributed by atoms with Gasteiger partial charge in [0, 0.05) is 10.5 Å². The lowest BCUT2D eigenvalue weighted by Gasteiger charge is -2.11. The van der Waals surface area contributed by atoms with Gasteiger partial charge in [-0.1, -0.05) is 27.5 Å². The Balaban J connectivity index is 2.16. The molecule has 1 aromatic heterocycles. The maximum atomic E-state index is 12.9. The maximum absolute atomic E-state index is 12.9. The average molecular weight is 518 g/mol. The summed E-state index contributed by atoms with van der Waals surface area (Å²) >= 11 is 9.03. The first-order valence-corrected chi connectivity index (χ1v) is 11.1. The van der Waals surface area contributed by atoms with Crippen LogP contribution in [0.5, 0.6) is 0 Å². The summed E-state index contributed by atoms with van der Waals surface area (Å²) in [6.45, 7) is 3.32. The highest BCUT2D eigenvalue weighted by molar-refractivity contribution is 9.10. The highest BCUT2D eigenvalue weighted by Gasteiger charge is 2.26. The molecule has 0 saturated heterocycles. The van der Waals surface area contributed by atoms with Crippen molar-refractivity contribution in [1.29, 1.82) is 0 Å². The molecule has 0 amide bonds. The van der Waals surface area contributed by atoms with Crippen LogP contribution < -0.4 is 4.72 Å². The number of hydrogen-bond acceptors (Lipinski definition) is 7. The first kappa shape index (κ1) is 22.1. The molecule has 0 fully saturated rings. The van der Waals surface area contributed by atoms with Crippen LogP contribution in [-0.2, 0) is 14.8 Å². The lowest BCUT2D eigenvalue weighted by Crippen LogP contribution is -2.14. The monoisotopic (exact) mass is 516 g/mol. The molecule has 1 N–H and O–H groups in total. The van der Waals surface area contributed by atoms with Crippen molar-refractivity contribution in [2.75, 3.05) is 11.3 Å². The fraction of sp³-hybridized carbons (Fsp3) is 0.167. The summed E-state index contributed by atoms with van der Waals surface area (Å²) in [4.78, 5) is 22.4. The van der Waals surface area contributed by atoms with Gasteiger partial charge in [-0.05, 0) is 38.1 Å². The van der Waals surface area contributed by atoms with Crippen LogP contribution >= 0.6 is 27.5 Å². The molecule has 0 unspecified atom stereocenters. The topological polar surface area (TPSA) is 129 Å². The summed E-state index contributed by atoms with van der Waals surface area (Å²) in [6.07, 6.45) is 0. The number of nitrogens with zero attached hydrogens (tertiary/aromatic N) is 1. The Labute approximate surface area is 184 Å². The first-order chi connectivity index (χ1) is 14.0. The number of anilines is 1. The summed E-state index contributed by atoms with van der Waals surface area (Å²) in [5, 5.41) is 11.1. The van der Waals surface area contributed by atoms with E-state index in [0.717, 1.165) is 18.2 Å². The van der Waals surface area contributed by atoms with Crippen LogP contribution in [-0.4, -0.2) is 25.9 Å². The number of sulfonamides is 1. The molecule has 30 heavy (non-hydrogen) atoms. The van der Waals surface area contributed by atoms with Crippen LogP contribution in [0.4, 0.5) is 11.4 Å². The van der Waals surface area contributed by atoms with Crippen molar-refractivity contribution in [1.82, 2.24) is 0 Å². The van der Waals surface area contributed by atoms with Crippen molar-refractivity contribution in [2.45, 2.75) is 18.7 Å². The molecule has 0 aliphatic heterocycles. The van der Waals surface area contributed by atoms with Crippen LogP contribution in [0, 0.1) is 17.0 Å². The second kappa shape index (κ2) is 8.25. The van der Waals surface area contributed by atoms with Gasteiger partial charge in [-0.3, -0.25) is 14.8 Å². The number of carbonyl (C=O) groups is 1. The molecule has 0 aliphatic carbocycles. The Morgan fingerprint density at radius 1 is 1.33 bits per heavy atom. The highest BCUT2D eigenvalue weighted by atomic mass is 79.9. The molecule has 0 atom stereocenters. The predicted molar refractivity (Wildman–Crippen MR) is 114 cm³/mol. The van der Waals surface area contributed by atoms with E-state index >= 15 is 0 Å². The van der Waals surface area contributed by atoms with E-state index in [-0.39, 0.29) is 44.5 Å². The molecule has 1 heterocycles. The summed E-state index contributed by atoms with van der Waals surface area (Å²) in [5.41, 5.74) is -0.175. The third-order valence-electron chi connectivity index (χ3n) is 4.08. The van der Waals surface area contributed by atoms with Crippen molar-refractivity contribution in [3.05, 3.63) is 61.3 Å². The third-order valence-corrected chi connectivity index (χ3v) is 6.22. The zero-order valence-corrected chi connectivity index (χ0v) is 18.7. The van der Waals surface area contributed by atoms with Gasteiger partial charge in [-0.25, -0.2) is 13.2 Å². The molecule has 2 aromatic carbocycles. The quantitative estimate of drug-likeness (QED) is 0.275. The van der Waals surface area contributed by atoms with Gasteiger partial charge in [0.1, 0.15) is 21.9 Å². The number of fused-ring (bicyclic) bond motifs is 1. The number of nitro benzene ring substituents is 1.